The highest BCUT2D eigenvalue weighted by molar-refractivity contribution is 7.89. The van der Waals surface area contributed by atoms with Crippen LogP contribution < -0.4 is 5.14 Å². The first-order valence-electron chi connectivity index (χ1n) is 5.32. The van der Waals surface area contributed by atoms with Crippen LogP contribution in [-0.2, 0) is 22.8 Å². The molecule has 5 heteroatoms. The molecule has 2 atom stereocenters. The van der Waals surface area contributed by atoms with Gasteiger partial charge >= 0.3 is 0 Å². The molecule has 1 unspecified atom stereocenters. The van der Waals surface area contributed by atoms with Crippen molar-refractivity contribution in [1.82, 2.24) is 5.06 Å². The van der Waals surface area contributed by atoms with E-state index in [0.717, 1.165) is 18.5 Å². The van der Waals surface area contributed by atoms with Crippen LogP contribution in [0.5, 0.6) is 0 Å². The number of nitrogens with zero attached hydrogens (tertiary/aromatic N) is 1. The van der Waals surface area contributed by atoms with Crippen LogP contribution in [0.2, 0.25) is 0 Å². The molecule has 0 aliphatic carbocycles. The van der Waals surface area contributed by atoms with Gasteiger partial charge in [-0.05, 0) is 5.56 Å². The summed E-state index contributed by atoms with van der Waals surface area (Å²) in [5.41, 5.74) is 1.14. The summed E-state index contributed by atoms with van der Waals surface area (Å²) in [5.74, 6) is 0. The maximum absolute atomic E-state index is 11.1. The van der Waals surface area contributed by atoms with Gasteiger partial charge in [-0.15, -0.1) is 0 Å². The Hall–Kier alpha value is -0.590. The van der Waals surface area contributed by atoms with Gasteiger partial charge in [0.25, 0.3) is 0 Å². The van der Waals surface area contributed by atoms with E-state index in [9.17, 15) is 4.55 Å². The van der Waals surface area contributed by atoms with Gasteiger partial charge in [0.05, 0.1) is 13.2 Å². The monoisotopic (exact) mass is 240 g/mol. The van der Waals surface area contributed by atoms with Crippen molar-refractivity contribution >= 4 is 11.4 Å². The maximum Gasteiger partial charge on any atom is 0.151 e. The molecule has 0 spiro atoms. The van der Waals surface area contributed by atoms with Crippen LogP contribution in [0.3, 0.4) is 0 Å². The summed E-state index contributed by atoms with van der Waals surface area (Å²) >= 11 is -1.23. The number of nitrogens with two attached hydrogens (primary N) is 1. The van der Waals surface area contributed by atoms with Crippen molar-refractivity contribution in [2.45, 2.75) is 18.3 Å². The van der Waals surface area contributed by atoms with E-state index < -0.39 is 11.4 Å². The molecule has 1 aliphatic rings. The minimum Gasteiger partial charge on any atom is -0.598 e. The molecule has 16 heavy (non-hydrogen) atoms. The van der Waals surface area contributed by atoms with Crippen LogP contribution in [0.15, 0.2) is 30.3 Å². The van der Waals surface area contributed by atoms with Gasteiger partial charge in [0, 0.05) is 24.3 Å². The molecular formula is C11H16N2O2S. The average Bonchev–Trinajstić information content (AvgIpc) is 2.76. The van der Waals surface area contributed by atoms with Crippen LogP contribution in [0.25, 0.3) is 0 Å². The van der Waals surface area contributed by atoms with E-state index in [1.807, 2.05) is 35.4 Å². The van der Waals surface area contributed by atoms with Crippen LogP contribution in [0.1, 0.15) is 12.0 Å². The SMILES string of the molecule is N[S@+]([O-])C1CCN(OCc2ccccc2)C1. The zero-order chi connectivity index (χ0) is 11.4. The minimum atomic E-state index is -1.23. The summed E-state index contributed by atoms with van der Waals surface area (Å²) in [7, 11) is 0. The molecule has 0 amide bonds. The average molecular weight is 240 g/mol. The van der Waals surface area contributed by atoms with Crippen molar-refractivity contribution < 1.29 is 9.39 Å². The zero-order valence-electron chi connectivity index (χ0n) is 9.04. The van der Waals surface area contributed by atoms with Crippen molar-refractivity contribution in [3.8, 4) is 0 Å². The van der Waals surface area contributed by atoms with Gasteiger partial charge < -0.3 is 4.55 Å². The Morgan fingerprint density at radius 3 is 2.81 bits per heavy atom. The predicted octanol–water partition coefficient (Wildman–Crippen LogP) is 0.815. The van der Waals surface area contributed by atoms with E-state index in [4.69, 9.17) is 9.98 Å². The molecule has 2 N–H and O–H groups in total. The van der Waals surface area contributed by atoms with Gasteiger partial charge in [0.1, 0.15) is 0 Å². The fourth-order valence-corrected chi connectivity index (χ4v) is 2.40. The molecule has 1 heterocycles. The van der Waals surface area contributed by atoms with E-state index >= 15 is 0 Å². The molecule has 0 aromatic heterocycles. The standard InChI is InChI=1S/C11H16N2O2S/c12-16(14)11-6-7-13(8-11)15-9-10-4-2-1-3-5-10/h1-5,11H,6-9,12H2/t11?,16-/m1/s1. The lowest BCUT2D eigenvalue weighted by atomic mass is 10.2. The Morgan fingerprint density at radius 2 is 2.19 bits per heavy atom. The van der Waals surface area contributed by atoms with Gasteiger partial charge in [-0.2, -0.15) is 10.2 Å². The third-order valence-electron chi connectivity index (χ3n) is 2.69. The Kier molecular flexibility index (Phi) is 4.20. The van der Waals surface area contributed by atoms with Crippen molar-refractivity contribution in [3.63, 3.8) is 0 Å². The van der Waals surface area contributed by atoms with Crippen molar-refractivity contribution in [2.24, 2.45) is 5.14 Å². The van der Waals surface area contributed by atoms with E-state index in [1.54, 1.807) is 0 Å². The number of hydrogen-bond donors (Lipinski definition) is 1. The van der Waals surface area contributed by atoms with Crippen molar-refractivity contribution in [3.05, 3.63) is 35.9 Å². The van der Waals surface area contributed by atoms with E-state index in [2.05, 4.69) is 0 Å². The molecule has 1 fully saturated rings. The fraction of sp³-hybridized carbons (Fsp3) is 0.455. The molecule has 0 radical (unpaired) electrons. The summed E-state index contributed by atoms with van der Waals surface area (Å²) in [6.45, 7) is 2.03. The molecule has 1 aliphatic heterocycles. The Balaban J connectivity index is 1.76. The normalized spacial score (nSPS) is 23.5. The highest BCUT2D eigenvalue weighted by atomic mass is 32.2. The Labute approximate surface area is 98.6 Å². The minimum absolute atomic E-state index is 0.0516. The molecule has 1 saturated heterocycles. The highest BCUT2D eigenvalue weighted by Crippen LogP contribution is 2.16. The topological polar surface area (TPSA) is 61.5 Å². The third-order valence-corrected chi connectivity index (χ3v) is 3.73. The van der Waals surface area contributed by atoms with Crippen LogP contribution in [0, 0.1) is 0 Å². The lowest BCUT2D eigenvalue weighted by Crippen LogP contribution is -2.31. The van der Waals surface area contributed by atoms with Crippen LogP contribution in [-0.4, -0.2) is 28.0 Å². The molecule has 0 saturated carbocycles. The van der Waals surface area contributed by atoms with Crippen LogP contribution in [0.4, 0.5) is 0 Å². The van der Waals surface area contributed by atoms with Gasteiger partial charge in [0.2, 0.25) is 0 Å². The lowest BCUT2D eigenvalue weighted by molar-refractivity contribution is -0.153. The molecule has 88 valence electrons. The first kappa shape index (κ1) is 11.9. The molecule has 0 bridgehead atoms. The van der Waals surface area contributed by atoms with E-state index in [1.165, 1.54) is 0 Å². The number of rotatable bonds is 4. The first-order chi connectivity index (χ1) is 7.75. The summed E-state index contributed by atoms with van der Waals surface area (Å²) in [5, 5.41) is 7.26. The van der Waals surface area contributed by atoms with Crippen LogP contribution >= 0.6 is 0 Å². The van der Waals surface area contributed by atoms with Gasteiger partial charge in [-0.3, -0.25) is 4.84 Å². The summed E-state index contributed by atoms with van der Waals surface area (Å²) < 4.78 is 11.1. The zero-order valence-corrected chi connectivity index (χ0v) is 9.86. The highest BCUT2D eigenvalue weighted by Gasteiger charge is 2.30. The van der Waals surface area contributed by atoms with Gasteiger partial charge in [-0.25, -0.2) is 0 Å². The Bertz CT molecular complexity index is 321. The number of benzene rings is 1. The first-order valence-corrected chi connectivity index (χ1v) is 6.60. The molecule has 4 nitrogen and oxygen atoms in total. The summed E-state index contributed by atoms with van der Waals surface area (Å²) in [6.07, 6.45) is 0.845. The van der Waals surface area contributed by atoms with Crippen molar-refractivity contribution in [1.29, 1.82) is 0 Å². The predicted molar refractivity (Wildman–Crippen MR) is 63.5 cm³/mol. The maximum atomic E-state index is 11.1. The summed E-state index contributed by atoms with van der Waals surface area (Å²) in [6, 6.07) is 10.00. The largest absolute Gasteiger partial charge is 0.598 e. The number of hydrogen-bond acceptors (Lipinski definition) is 4. The lowest BCUT2D eigenvalue weighted by Gasteiger charge is -2.15. The molecule has 1 aromatic rings. The third kappa shape index (κ3) is 3.20. The Morgan fingerprint density at radius 1 is 1.44 bits per heavy atom. The molecular weight excluding hydrogens is 224 g/mol. The second kappa shape index (κ2) is 5.65. The van der Waals surface area contributed by atoms with Crippen molar-refractivity contribution in [2.75, 3.05) is 13.1 Å². The summed E-state index contributed by atoms with van der Waals surface area (Å²) in [4.78, 5) is 5.61. The molecule has 1 aromatic carbocycles. The van der Waals surface area contributed by atoms with E-state index in [0.29, 0.717) is 13.2 Å². The van der Waals surface area contributed by atoms with Gasteiger partial charge in [-0.1, -0.05) is 30.3 Å². The number of hydroxylamine groups is 2. The van der Waals surface area contributed by atoms with E-state index in [-0.39, 0.29) is 5.25 Å². The molecule has 2 rings (SSSR count). The van der Waals surface area contributed by atoms with Gasteiger partial charge in [0.15, 0.2) is 5.25 Å². The quantitative estimate of drug-likeness (QED) is 0.791. The second-order valence-electron chi connectivity index (χ2n) is 3.89. The second-order valence-corrected chi connectivity index (χ2v) is 5.21. The fourth-order valence-electron chi connectivity index (χ4n) is 1.74. The smallest absolute Gasteiger partial charge is 0.151 e.